The van der Waals surface area contributed by atoms with E-state index < -0.39 is 12.0 Å². The molecule has 1 aromatic rings. The number of ether oxygens (including phenoxy) is 2. The molecule has 0 fully saturated rings. The minimum atomic E-state index is -0.829. The lowest BCUT2D eigenvalue weighted by Gasteiger charge is -2.18. The van der Waals surface area contributed by atoms with Gasteiger partial charge in [0.15, 0.2) is 11.5 Å². The van der Waals surface area contributed by atoms with Crippen LogP contribution in [0.25, 0.3) is 0 Å². The van der Waals surface area contributed by atoms with Gasteiger partial charge >= 0.3 is 5.97 Å². The van der Waals surface area contributed by atoms with E-state index in [4.69, 9.17) is 9.47 Å². The molecule has 0 aromatic heterocycles. The average molecular weight is 406 g/mol. The fraction of sp³-hybridized carbons (Fsp3) is 0.562. The van der Waals surface area contributed by atoms with Gasteiger partial charge in [0.25, 0.3) is 0 Å². The van der Waals surface area contributed by atoms with Gasteiger partial charge in [-0.25, -0.2) is 0 Å². The van der Waals surface area contributed by atoms with Gasteiger partial charge in [-0.1, -0.05) is 0 Å². The number of rotatable bonds is 10. The number of carboxylic acids is 1. The molecule has 1 atom stereocenters. The Morgan fingerprint density at radius 1 is 1.43 bits per heavy atom. The molecule has 0 spiro atoms. The number of carbonyl (C=O) groups is 1. The topological polar surface area (TPSA) is 67.8 Å². The van der Waals surface area contributed by atoms with Crippen molar-refractivity contribution in [2.24, 2.45) is 0 Å². The van der Waals surface area contributed by atoms with E-state index in [0.29, 0.717) is 24.5 Å². The molecule has 130 valence electrons. The Bertz CT molecular complexity index is 525. The average Bonchev–Trinajstić information content (AvgIpc) is 2.48. The molecule has 2 N–H and O–H groups in total. The van der Waals surface area contributed by atoms with Crippen molar-refractivity contribution in [1.29, 1.82) is 0 Å². The highest BCUT2D eigenvalue weighted by atomic mass is 79.9. The Morgan fingerprint density at radius 3 is 2.65 bits per heavy atom. The number of halogens is 1. The van der Waals surface area contributed by atoms with Crippen LogP contribution in [-0.4, -0.2) is 42.3 Å². The van der Waals surface area contributed by atoms with Crippen LogP contribution in [-0.2, 0) is 11.3 Å². The second-order valence-electron chi connectivity index (χ2n) is 5.33. The minimum absolute atomic E-state index is 0.0344. The molecule has 1 aromatic carbocycles. The summed E-state index contributed by atoms with van der Waals surface area (Å²) in [5.41, 5.74) is 0.931. The predicted molar refractivity (Wildman–Crippen MR) is 97.7 cm³/mol. The number of aliphatic carboxylic acids is 1. The fourth-order valence-corrected chi connectivity index (χ4v) is 3.07. The Morgan fingerprint density at radius 2 is 2.13 bits per heavy atom. The Labute approximate surface area is 150 Å². The van der Waals surface area contributed by atoms with Gasteiger partial charge in [0, 0.05) is 6.54 Å². The van der Waals surface area contributed by atoms with Crippen molar-refractivity contribution in [1.82, 2.24) is 5.32 Å². The van der Waals surface area contributed by atoms with Gasteiger partial charge in [-0.3, -0.25) is 4.79 Å². The van der Waals surface area contributed by atoms with E-state index in [2.05, 4.69) is 21.2 Å². The summed E-state index contributed by atoms with van der Waals surface area (Å²) in [5, 5.41) is 12.3. The third-order valence-electron chi connectivity index (χ3n) is 3.10. The third kappa shape index (κ3) is 6.61. The number of carboxylic acid groups (broad SMARTS) is 1. The number of nitrogens with one attached hydrogen (secondary N) is 1. The van der Waals surface area contributed by atoms with Crippen molar-refractivity contribution < 1.29 is 19.4 Å². The smallest absolute Gasteiger partial charge is 0.320 e. The molecule has 7 heteroatoms. The summed E-state index contributed by atoms with van der Waals surface area (Å²) in [6.07, 6.45) is 2.59. The molecule has 1 unspecified atom stereocenters. The van der Waals surface area contributed by atoms with Gasteiger partial charge in [-0.05, 0) is 65.9 Å². The summed E-state index contributed by atoms with van der Waals surface area (Å²) < 4.78 is 11.9. The zero-order valence-electron chi connectivity index (χ0n) is 13.9. The van der Waals surface area contributed by atoms with Crippen LogP contribution in [0, 0.1) is 0 Å². The zero-order chi connectivity index (χ0) is 17.4. The molecular formula is C16H24BrNO4S. The molecule has 0 bridgehead atoms. The van der Waals surface area contributed by atoms with Crippen molar-refractivity contribution in [3.8, 4) is 11.5 Å². The first-order valence-electron chi connectivity index (χ1n) is 7.37. The lowest BCUT2D eigenvalue weighted by atomic mass is 10.1. The van der Waals surface area contributed by atoms with Gasteiger partial charge < -0.3 is 19.9 Å². The van der Waals surface area contributed by atoms with Gasteiger partial charge in [-0.2, -0.15) is 11.8 Å². The van der Waals surface area contributed by atoms with Crippen LogP contribution in [0.4, 0.5) is 0 Å². The summed E-state index contributed by atoms with van der Waals surface area (Å²) in [7, 11) is 1.59. The van der Waals surface area contributed by atoms with Crippen molar-refractivity contribution in [3.05, 3.63) is 22.2 Å². The molecule has 0 amide bonds. The third-order valence-corrected chi connectivity index (χ3v) is 4.34. The van der Waals surface area contributed by atoms with Gasteiger partial charge in [0.1, 0.15) is 6.04 Å². The van der Waals surface area contributed by atoms with E-state index in [1.807, 2.05) is 32.2 Å². The Balaban J connectivity index is 2.84. The van der Waals surface area contributed by atoms with Crippen LogP contribution < -0.4 is 14.8 Å². The molecule has 23 heavy (non-hydrogen) atoms. The van der Waals surface area contributed by atoms with Gasteiger partial charge in [-0.15, -0.1) is 0 Å². The predicted octanol–water partition coefficient (Wildman–Crippen LogP) is 3.54. The van der Waals surface area contributed by atoms with Crippen molar-refractivity contribution >= 4 is 33.7 Å². The van der Waals surface area contributed by atoms with Crippen LogP contribution in [0.1, 0.15) is 25.8 Å². The summed E-state index contributed by atoms with van der Waals surface area (Å²) in [6.45, 7) is 4.34. The number of benzene rings is 1. The van der Waals surface area contributed by atoms with Crippen LogP contribution >= 0.6 is 27.7 Å². The highest BCUT2D eigenvalue weighted by Gasteiger charge is 2.17. The first kappa shape index (κ1) is 20.1. The maximum absolute atomic E-state index is 11.3. The number of thioether (sulfide) groups is 1. The summed E-state index contributed by atoms with van der Waals surface area (Å²) >= 11 is 5.13. The maximum atomic E-state index is 11.3. The van der Waals surface area contributed by atoms with E-state index in [0.717, 1.165) is 15.8 Å². The number of hydrogen-bond acceptors (Lipinski definition) is 5. The summed E-state index contributed by atoms with van der Waals surface area (Å²) in [4.78, 5) is 11.3. The largest absolute Gasteiger partial charge is 0.493 e. The van der Waals surface area contributed by atoms with E-state index in [-0.39, 0.29) is 6.10 Å². The van der Waals surface area contributed by atoms with E-state index in [1.54, 1.807) is 18.9 Å². The second-order valence-corrected chi connectivity index (χ2v) is 7.17. The normalized spacial score (nSPS) is 12.3. The van der Waals surface area contributed by atoms with Crippen LogP contribution in [0.15, 0.2) is 16.6 Å². The molecule has 0 saturated heterocycles. The van der Waals surface area contributed by atoms with E-state index in [1.165, 1.54) is 0 Å². The summed E-state index contributed by atoms with van der Waals surface area (Å²) in [5.74, 6) is 1.26. The standard InChI is InChI=1S/C16H24BrNO4S/c1-10(2)22-15-12(17)7-11(8-14(15)21-3)9-18-13(16(19)20)5-6-23-4/h7-8,10,13,18H,5-6,9H2,1-4H3,(H,19,20). The van der Waals surface area contributed by atoms with Gasteiger partial charge in [0.2, 0.25) is 0 Å². The fourth-order valence-electron chi connectivity index (χ4n) is 2.01. The molecule has 0 aliphatic rings. The van der Waals surface area contributed by atoms with E-state index >= 15 is 0 Å². The molecular weight excluding hydrogens is 382 g/mol. The van der Waals surface area contributed by atoms with Crippen LogP contribution in [0.5, 0.6) is 11.5 Å². The highest BCUT2D eigenvalue weighted by Crippen LogP contribution is 2.37. The highest BCUT2D eigenvalue weighted by molar-refractivity contribution is 9.10. The van der Waals surface area contributed by atoms with Crippen LogP contribution in [0.3, 0.4) is 0 Å². The second kappa shape index (κ2) is 10.1. The first-order chi connectivity index (χ1) is 10.9. The quantitative estimate of drug-likeness (QED) is 0.620. The van der Waals surface area contributed by atoms with Crippen molar-refractivity contribution in [2.75, 3.05) is 19.1 Å². The van der Waals surface area contributed by atoms with Gasteiger partial charge in [0.05, 0.1) is 17.7 Å². The molecule has 0 saturated carbocycles. The maximum Gasteiger partial charge on any atom is 0.320 e. The molecule has 0 heterocycles. The molecule has 0 radical (unpaired) electrons. The molecule has 0 aliphatic heterocycles. The zero-order valence-corrected chi connectivity index (χ0v) is 16.3. The lowest BCUT2D eigenvalue weighted by molar-refractivity contribution is -0.139. The molecule has 0 aliphatic carbocycles. The van der Waals surface area contributed by atoms with E-state index in [9.17, 15) is 9.90 Å². The van der Waals surface area contributed by atoms with Crippen molar-refractivity contribution in [3.63, 3.8) is 0 Å². The monoisotopic (exact) mass is 405 g/mol. The van der Waals surface area contributed by atoms with Crippen LogP contribution in [0.2, 0.25) is 0 Å². The first-order valence-corrected chi connectivity index (χ1v) is 9.55. The Hall–Kier alpha value is -0.920. The number of hydrogen-bond donors (Lipinski definition) is 2. The minimum Gasteiger partial charge on any atom is -0.493 e. The lowest BCUT2D eigenvalue weighted by Crippen LogP contribution is -2.36. The summed E-state index contributed by atoms with van der Waals surface area (Å²) in [6, 6.07) is 3.22. The molecule has 5 nitrogen and oxygen atoms in total. The number of methoxy groups -OCH3 is 1. The SMILES string of the molecule is COc1cc(CNC(CCSC)C(=O)O)cc(Br)c1OC(C)C. The van der Waals surface area contributed by atoms with Crippen molar-refractivity contribution in [2.45, 2.75) is 39.0 Å². The Kier molecular flexibility index (Phi) is 8.79. The molecule has 1 rings (SSSR count).